The van der Waals surface area contributed by atoms with E-state index < -0.39 is 5.82 Å². The zero-order valence-corrected chi connectivity index (χ0v) is 13.6. The fourth-order valence-corrected chi connectivity index (χ4v) is 2.44. The summed E-state index contributed by atoms with van der Waals surface area (Å²) in [5, 5.41) is 2.84. The van der Waals surface area contributed by atoms with E-state index in [9.17, 15) is 9.18 Å². The van der Waals surface area contributed by atoms with Gasteiger partial charge in [-0.15, -0.1) is 0 Å². The first-order chi connectivity index (χ1) is 11.5. The smallest absolute Gasteiger partial charge is 0.251 e. The molecule has 0 aromatic heterocycles. The van der Waals surface area contributed by atoms with Crippen molar-refractivity contribution in [3.63, 3.8) is 0 Å². The van der Waals surface area contributed by atoms with Crippen LogP contribution < -0.4 is 15.8 Å². The molecule has 1 fully saturated rings. The molecule has 0 spiro atoms. The number of ether oxygens (including phenoxy) is 1. The molecule has 2 aromatic rings. The quantitative estimate of drug-likeness (QED) is 0.795. The molecular formula is C19H21FN2O2. The summed E-state index contributed by atoms with van der Waals surface area (Å²) < 4.78 is 19.6. The lowest BCUT2D eigenvalue weighted by Crippen LogP contribution is -2.26. The van der Waals surface area contributed by atoms with Crippen molar-refractivity contribution in [2.45, 2.75) is 25.8 Å². The topological polar surface area (TPSA) is 64.4 Å². The van der Waals surface area contributed by atoms with Gasteiger partial charge in [0, 0.05) is 11.3 Å². The molecule has 3 rings (SSSR count). The Morgan fingerprint density at radius 3 is 2.79 bits per heavy atom. The van der Waals surface area contributed by atoms with E-state index in [1.807, 2.05) is 6.92 Å². The maximum absolute atomic E-state index is 14.1. The van der Waals surface area contributed by atoms with E-state index in [1.165, 1.54) is 6.07 Å². The van der Waals surface area contributed by atoms with Crippen molar-refractivity contribution in [3.8, 4) is 5.75 Å². The molecule has 5 heteroatoms. The number of rotatable bonds is 6. The van der Waals surface area contributed by atoms with Gasteiger partial charge >= 0.3 is 0 Å². The fraction of sp³-hybridized carbons (Fsp3) is 0.316. The first kappa shape index (κ1) is 16.3. The summed E-state index contributed by atoms with van der Waals surface area (Å²) in [6, 6.07) is 11.2. The highest BCUT2D eigenvalue weighted by molar-refractivity contribution is 5.95. The molecule has 0 bridgehead atoms. The number of nitrogen functional groups attached to an aromatic ring is 1. The number of carbonyl (C=O) groups is 1. The Hall–Kier alpha value is -2.56. The van der Waals surface area contributed by atoms with Gasteiger partial charge in [-0.05, 0) is 61.6 Å². The molecule has 1 aliphatic carbocycles. The van der Waals surface area contributed by atoms with Gasteiger partial charge in [0.1, 0.15) is 0 Å². The van der Waals surface area contributed by atoms with Gasteiger partial charge in [-0.3, -0.25) is 4.79 Å². The first-order valence-corrected chi connectivity index (χ1v) is 8.11. The highest BCUT2D eigenvalue weighted by atomic mass is 19.1. The van der Waals surface area contributed by atoms with E-state index in [2.05, 4.69) is 5.32 Å². The first-order valence-electron chi connectivity index (χ1n) is 8.11. The van der Waals surface area contributed by atoms with Crippen LogP contribution in [0.25, 0.3) is 0 Å². The second-order valence-corrected chi connectivity index (χ2v) is 6.26. The third kappa shape index (κ3) is 4.04. The van der Waals surface area contributed by atoms with Gasteiger partial charge in [-0.2, -0.15) is 0 Å². The van der Waals surface area contributed by atoms with E-state index in [0.29, 0.717) is 29.3 Å². The van der Waals surface area contributed by atoms with Crippen molar-refractivity contribution >= 4 is 11.6 Å². The number of halogens is 1. The zero-order valence-electron chi connectivity index (χ0n) is 13.6. The van der Waals surface area contributed by atoms with Crippen LogP contribution in [-0.4, -0.2) is 12.5 Å². The lowest BCUT2D eigenvalue weighted by atomic mass is 10.1. The number of carbonyl (C=O) groups excluding carboxylic acids is 1. The number of amides is 1. The minimum atomic E-state index is -0.404. The highest BCUT2D eigenvalue weighted by Gasteiger charge is 2.22. The van der Waals surface area contributed by atoms with Crippen LogP contribution in [0.3, 0.4) is 0 Å². The van der Waals surface area contributed by atoms with E-state index in [-0.39, 0.29) is 17.7 Å². The second-order valence-electron chi connectivity index (χ2n) is 6.26. The molecule has 4 nitrogen and oxygen atoms in total. The van der Waals surface area contributed by atoms with Gasteiger partial charge in [0.25, 0.3) is 5.91 Å². The number of benzene rings is 2. The molecule has 0 saturated heterocycles. The monoisotopic (exact) mass is 328 g/mol. The molecule has 0 heterocycles. The maximum Gasteiger partial charge on any atom is 0.251 e. The summed E-state index contributed by atoms with van der Waals surface area (Å²) >= 11 is 0. The Bertz CT molecular complexity index is 744. The van der Waals surface area contributed by atoms with Gasteiger partial charge in [-0.25, -0.2) is 4.39 Å². The zero-order chi connectivity index (χ0) is 17.1. The SMILES string of the molecule is CC(NC(=O)c1cccc(N)c1)c1ccc(OCC2CC2)c(F)c1. The lowest BCUT2D eigenvalue weighted by Gasteiger charge is -2.16. The third-order valence-electron chi connectivity index (χ3n) is 4.12. The van der Waals surface area contributed by atoms with Gasteiger partial charge in [-0.1, -0.05) is 12.1 Å². The van der Waals surface area contributed by atoms with Gasteiger partial charge in [0.2, 0.25) is 0 Å². The van der Waals surface area contributed by atoms with E-state index in [0.717, 1.165) is 12.8 Å². The summed E-state index contributed by atoms with van der Waals surface area (Å²) in [5.41, 5.74) is 7.37. The summed E-state index contributed by atoms with van der Waals surface area (Å²) in [6.45, 7) is 2.38. The van der Waals surface area contributed by atoms with Crippen molar-refractivity contribution in [2.75, 3.05) is 12.3 Å². The van der Waals surface area contributed by atoms with Crippen LogP contribution in [0.2, 0.25) is 0 Å². The van der Waals surface area contributed by atoms with Crippen LogP contribution in [0.15, 0.2) is 42.5 Å². The van der Waals surface area contributed by atoms with Crippen molar-refractivity contribution in [1.82, 2.24) is 5.32 Å². The van der Waals surface area contributed by atoms with E-state index >= 15 is 0 Å². The largest absolute Gasteiger partial charge is 0.490 e. The third-order valence-corrected chi connectivity index (χ3v) is 4.12. The molecule has 0 aliphatic heterocycles. The Labute approximate surface area is 140 Å². The lowest BCUT2D eigenvalue weighted by molar-refractivity contribution is 0.0940. The van der Waals surface area contributed by atoms with Crippen LogP contribution >= 0.6 is 0 Å². The minimum Gasteiger partial charge on any atom is -0.490 e. The van der Waals surface area contributed by atoms with Crippen LogP contribution in [0, 0.1) is 11.7 Å². The predicted molar refractivity (Wildman–Crippen MR) is 91.4 cm³/mol. The number of hydrogen-bond donors (Lipinski definition) is 2. The molecule has 3 N–H and O–H groups in total. The van der Waals surface area contributed by atoms with Gasteiger partial charge in [0.15, 0.2) is 11.6 Å². The number of nitrogens with one attached hydrogen (secondary N) is 1. The van der Waals surface area contributed by atoms with Crippen LogP contribution in [0.5, 0.6) is 5.75 Å². The molecular weight excluding hydrogens is 307 g/mol. The Morgan fingerprint density at radius 2 is 2.12 bits per heavy atom. The van der Waals surface area contributed by atoms with Crippen molar-refractivity contribution in [1.29, 1.82) is 0 Å². The van der Waals surface area contributed by atoms with E-state index in [1.54, 1.807) is 36.4 Å². The van der Waals surface area contributed by atoms with Crippen LogP contribution in [0.1, 0.15) is 41.7 Å². The molecule has 1 amide bonds. The molecule has 0 radical (unpaired) electrons. The summed E-state index contributed by atoms with van der Waals surface area (Å²) in [5.74, 6) is 0.183. The maximum atomic E-state index is 14.1. The van der Waals surface area contributed by atoms with E-state index in [4.69, 9.17) is 10.5 Å². The normalized spacial score (nSPS) is 14.9. The second kappa shape index (κ2) is 6.91. The minimum absolute atomic E-state index is 0.246. The molecule has 1 aliphatic rings. The van der Waals surface area contributed by atoms with Crippen molar-refractivity contribution in [2.24, 2.45) is 5.92 Å². The van der Waals surface area contributed by atoms with Crippen LogP contribution in [0.4, 0.5) is 10.1 Å². The molecule has 2 aromatic carbocycles. The Kier molecular flexibility index (Phi) is 4.69. The Balaban J connectivity index is 1.64. The average Bonchev–Trinajstić information content (AvgIpc) is 3.38. The number of hydrogen-bond acceptors (Lipinski definition) is 3. The molecule has 1 atom stereocenters. The number of anilines is 1. The Morgan fingerprint density at radius 1 is 1.33 bits per heavy atom. The summed E-state index contributed by atoms with van der Waals surface area (Å²) in [6.07, 6.45) is 2.32. The summed E-state index contributed by atoms with van der Waals surface area (Å²) in [4.78, 5) is 12.2. The molecule has 1 saturated carbocycles. The fourth-order valence-electron chi connectivity index (χ4n) is 2.44. The van der Waals surface area contributed by atoms with Gasteiger partial charge < -0.3 is 15.8 Å². The molecule has 24 heavy (non-hydrogen) atoms. The summed E-state index contributed by atoms with van der Waals surface area (Å²) in [7, 11) is 0. The number of nitrogens with two attached hydrogens (primary N) is 1. The highest BCUT2D eigenvalue weighted by Crippen LogP contribution is 2.30. The average molecular weight is 328 g/mol. The standard InChI is InChI=1S/C19H21FN2O2/c1-12(22-19(23)15-3-2-4-16(21)9-15)14-7-8-18(17(20)10-14)24-11-13-5-6-13/h2-4,7-10,12-13H,5-6,11,21H2,1H3,(H,22,23). The van der Waals surface area contributed by atoms with Gasteiger partial charge in [0.05, 0.1) is 12.6 Å². The van der Waals surface area contributed by atoms with Crippen LogP contribution in [-0.2, 0) is 0 Å². The predicted octanol–water partition coefficient (Wildman–Crippen LogP) is 3.69. The molecule has 126 valence electrons. The van der Waals surface area contributed by atoms with Crippen molar-refractivity contribution < 1.29 is 13.9 Å². The van der Waals surface area contributed by atoms with Crippen molar-refractivity contribution in [3.05, 3.63) is 59.4 Å². The molecule has 1 unspecified atom stereocenters.